The number of carboxylic acids is 1. The number of carbonyl (C=O) groups is 3. The summed E-state index contributed by atoms with van der Waals surface area (Å²) in [5.41, 5.74) is 2.22. The molecule has 3 aromatic rings. The van der Waals surface area contributed by atoms with Crippen LogP contribution < -0.4 is 20.3 Å². The van der Waals surface area contributed by atoms with E-state index >= 15 is 0 Å². The average molecular weight is 710 g/mol. The first-order valence-electron chi connectivity index (χ1n) is 16.8. The maximum atomic E-state index is 14.6. The highest BCUT2D eigenvalue weighted by Crippen LogP contribution is 2.48. The minimum atomic E-state index is -1.35. The number of fused-ring (bicyclic) bond motifs is 1. The Balaban J connectivity index is 1.65. The number of para-hydroxylation sites is 1. The lowest BCUT2D eigenvalue weighted by molar-refractivity contribution is -0.142. The monoisotopic (exact) mass is 709 g/mol. The smallest absolute Gasteiger partial charge is 0.326 e. The van der Waals surface area contributed by atoms with E-state index in [-0.39, 0.29) is 12.2 Å². The number of carbonyl (C=O) groups excluding carboxylic acids is 2. The van der Waals surface area contributed by atoms with Crippen LogP contribution in [0.1, 0.15) is 77.3 Å². The number of hydrogen-bond acceptors (Lipinski definition) is 8. The summed E-state index contributed by atoms with van der Waals surface area (Å²) in [6, 6.07) is 17.2. The van der Waals surface area contributed by atoms with E-state index in [1.165, 1.54) is 36.0 Å². The molecule has 0 radical (unpaired) electrons. The summed E-state index contributed by atoms with van der Waals surface area (Å²) in [4.78, 5) is 41.9. The molecule has 10 nitrogen and oxygen atoms in total. The van der Waals surface area contributed by atoms with Crippen molar-refractivity contribution < 1.29 is 33.5 Å². The maximum Gasteiger partial charge on any atom is 0.326 e. The van der Waals surface area contributed by atoms with Crippen LogP contribution in [-0.2, 0) is 25.2 Å². The van der Waals surface area contributed by atoms with E-state index < -0.39 is 52.0 Å². The van der Waals surface area contributed by atoms with Crippen molar-refractivity contribution in [2.75, 3.05) is 24.3 Å². The number of rotatable bonds is 17. The lowest BCUT2D eigenvalue weighted by Gasteiger charge is -2.44. The number of amides is 2. The molecule has 0 saturated heterocycles. The number of hydrogen-bond donors (Lipinski definition) is 4. The minimum absolute atomic E-state index is 0.0248. The van der Waals surface area contributed by atoms with Gasteiger partial charge in [-0.1, -0.05) is 76.8 Å². The Bertz CT molecular complexity index is 1610. The molecule has 1 heterocycles. The maximum absolute atomic E-state index is 14.6. The van der Waals surface area contributed by atoms with Gasteiger partial charge in [0.25, 0.3) is 5.91 Å². The Labute approximate surface area is 295 Å². The van der Waals surface area contributed by atoms with Gasteiger partial charge in [0, 0.05) is 12.2 Å². The molecule has 1 aliphatic rings. The quantitative estimate of drug-likeness (QED) is 0.112. The number of carboxylic acid groups (broad SMARTS) is 1. The first kappa shape index (κ1) is 37.8. The SMILES string of the molecule is CCCCC1(CCCC)CN(c2ccccc2)c2cc(SC)c(OCC(=O)NC(C(=O)NC(CC)C(=O)O)c3ccc(O)cc3)cc2S1=O. The Hall–Kier alpha value is -4.03. The molecule has 3 atom stereocenters. The zero-order valence-electron chi connectivity index (χ0n) is 28.6. The molecular weight excluding hydrogens is 663 g/mol. The van der Waals surface area contributed by atoms with Gasteiger partial charge >= 0.3 is 5.97 Å². The number of phenolic OH excluding ortho intramolecular Hbond substituents is 1. The zero-order valence-corrected chi connectivity index (χ0v) is 30.2. The van der Waals surface area contributed by atoms with Crippen LogP contribution in [-0.4, -0.2) is 62.4 Å². The molecule has 3 unspecified atom stereocenters. The number of anilines is 2. The Morgan fingerprint density at radius 1 is 0.980 bits per heavy atom. The largest absolute Gasteiger partial charge is 0.508 e. The lowest BCUT2D eigenvalue weighted by Crippen LogP contribution is -2.49. The van der Waals surface area contributed by atoms with Gasteiger partial charge in [0.1, 0.15) is 23.6 Å². The fraction of sp³-hybridized carbons (Fsp3) is 0.432. The van der Waals surface area contributed by atoms with Crippen molar-refractivity contribution in [3.05, 3.63) is 72.3 Å². The van der Waals surface area contributed by atoms with Crippen molar-refractivity contribution >= 4 is 51.7 Å². The van der Waals surface area contributed by atoms with Gasteiger partial charge in [-0.05, 0) is 67.5 Å². The van der Waals surface area contributed by atoms with E-state index in [2.05, 4.69) is 41.5 Å². The molecule has 0 aromatic heterocycles. The summed E-state index contributed by atoms with van der Waals surface area (Å²) in [6.45, 7) is 6.11. The van der Waals surface area contributed by atoms with Crippen LogP contribution in [0, 0.1) is 0 Å². The topological polar surface area (TPSA) is 145 Å². The van der Waals surface area contributed by atoms with E-state index in [9.17, 15) is 28.8 Å². The third kappa shape index (κ3) is 9.16. The number of aromatic hydroxyl groups is 1. The summed E-state index contributed by atoms with van der Waals surface area (Å²) in [6.07, 6.45) is 7.62. The fourth-order valence-corrected chi connectivity index (χ4v) is 8.53. The lowest BCUT2D eigenvalue weighted by atomic mass is 9.93. The third-order valence-electron chi connectivity index (χ3n) is 8.79. The number of nitrogens with one attached hydrogen (secondary N) is 2. The standard InChI is InChI=1S/C37H47N3O7S2/c1-5-8-19-37(20-9-6-2)24-40(26-13-11-10-12-14-26)29-21-31(48-4)30(22-32(29)49(37)46)47-23-33(42)39-34(25-15-17-27(41)18-16-25)35(43)38-28(7-3)36(44)45/h10-18,21-22,28,34,41H,5-9,19-20,23-24H2,1-4H3,(H,38,43)(H,39,42)(H,44,45). The zero-order chi connectivity index (χ0) is 35.6. The van der Waals surface area contributed by atoms with Crippen molar-refractivity contribution in [2.45, 2.75) is 92.3 Å². The van der Waals surface area contributed by atoms with Gasteiger partial charge in [-0.25, -0.2) is 4.79 Å². The second-order valence-electron chi connectivity index (χ2n) is 12.2. The van der Waals surface area contributed by atoms with Gasteiger partial charge < -0.3 is 30.5 Å². The second kappa shape index (κ2) is 17.6. The van der Waals surface area contributed by atoms with Crippen molar-refractivity contribution in [3.8, 4) is 11.5 Å². The van der Waals surface area contributed by atoms with Crippen LogP contribution in [0.4, 0.5) is 11.4 Å². The number of nitrogens with zero attached hydrogens (tertiary/aromatic N) is 1. The normalized spacial score (nSPS) is 16.2. The van der Waals surface area contributed by atoms with Crippen LogP contribution in [0.15, 0.2) is 76.5 Å². The molecule has 4 N–H and O–H groups in total. The molecule has 0 fully saturated rings. The van der Waals surface area contributed by atoms with Gasteiger partial charge in [-0.3, -0.25) is 13.8 Å². The predicted octanol–water partition coefficient (Wildman–Crippen LogP) is 6.71. The summed E-state index contributed by atoms with van der Waals surface area (Å²) < 4.78 is 20.3. The van der Waals surface area contributed by atoms with E-state index in [1.807, 2.05) is 30.5 Å². The summed E-state index contributed by atoms with van der Waals surface area (Å²) in [5.74, 6) is -2.13. The van der Waals surface area contributed by atoms with Crippen LogP contribution in [0.3, 0.4) is 0 Å². The number of aliphatic carboxylic acids is 1. The number of phenols is 1. The molecule has 49 heavy (non-hydrogen) atoms. The van der Waals surface area contributed by atoms with Crippen molar-refractivity contribution in [3.63, 3.8) is 0 Å². The number of ether oxygens (including phenoxy) is 1. The average Bonchev–Trinajstić information content (AvgIpc) is 3.11. The molecule has 1 aliphatic heterocycles. The second-order valence-corrected chi connectivity index (χ2v) is 14.9. The van der Waals surface area contributed by atoms with Gasteiger partial charge in [0.05, 0.1) is 31.0 Å². The summed E-state index contributed by atoms with van der Waals surface area (Å²) in [5, 5.41) is 24.4. The first-order valence-corrected chi connectivity index (χ1v) is 19.2. The Morgan fingerprint density at radius 3 is 2.20 bits per heavy atom. The van der Waals surface area contributed by atoms with Crippen molar-refractivity contribution in [1.29, 1.82) is 0 Å². The van der Waals surface area contributed by atoms with E-state index in [1.54, 1.807) is 13.0 Å². The molecular formula is C37H47N3O7S2. The van der Waals surface area contributed by atoms with E-state index in [4.69, 9.17) is 4.74 Å². The molecule has 0 saturated carbocycles. The van der Waals surface area contributed by atoms with Crippen LogP contribution >= 0.6 is 11.8 Å². The van der Waals surface area contributed by atoms with Gasteiger partial charge in [0.15, 0.2) is 6.61 Å². The molecule has 264 valence electrons. The number of benzene rings is 3. The minimum Gasteiger partial charge on any atom is -0.508 e. The highest BCUT2D eigenvalue weighted by atomic mass is 32.2. The fourth-order valence-electron chi connectivity index (χ4n) is 6.04. The molecule has 0 aliphatic carbocycles. The van der Waals surface area contributed by atoms with Crippen LogP contribution in [0.5, 0.6) is 11.5 Å². The van der Waals surface area contributed by atoms with E-state index in [0.29, 0.717) is 22.8 Å². The predicted molar refractivity (Wildman–Crippen MR) is 194 cm³/mol. The van der Waals surface area contributed by atoms with Gasteiger partial charge in [0.2, 0.25) is 5.91 Å². The summed E-state index contributed by atoms with van der Waals surface area (Å²) >= 11 is 1.45. The molecule has 0 spiro atoms. The van der Waals surface area contributed by atoms with Gasteiger partial charge in [-0.15, -0.1) is 11.8 Å². The van der Waals surface area contributed by atoms with Gasteiger partial charge in [-0.2, -0.15) is 0 Å². The Morgan fingerprint density at radius 2 is 1.63 bits per heavy atom. The first-order chi connectivity index (χ1) is 23.6. The Kier molecular flexibility index (Phi) is 13.6. The van der Waals surface area contributed by atoms with Crippen molar-refractivity contribution in [2.24, 2.45) is 0 Å². The highest BCUT2D eigenvalue weighted by Gasteiger charge is 2.44. The highest BCUT2D eigenvalue weighted by molar-refractivity contribution is 7.98. The van der Waals surface area contributed by atoms with Crippen LogP contribution in [0.2, 0.25) is 0 Å². The molecule has 4 rings (SSSR count). The molecule has 2 amide bonds. The van der Waals surface area contributed by atoms with E-state index in [0.717, 1.165) is 54.8 Å². The molecule has 0 bridgehead atoms. The summed E-state index contributed by atoms with van der Waals surface area (Å²) in [7, 11) is -1.35. The number of thioether (sulfide) groups is 1. The number of unbranched alkanes of at least 4 members (excludes halogenated alkanes) is 2. The van der Waals surface area contributed by atoms with Crippen molar-refractivity contribution in [1.82, 2.24) is 10.6 Å². The van der Waals surface area contributed by atoms with Crippen LogP contribution in [0.25, 0.3) is 0 Å². The molecule has 12 heteroatoms. The molecule has 3 aromatic carbocycles. The third-order valence-corrected chi connectivity index (χ3v) is 11.6.